The van der Waals surface area contributed by atoms with Crippen LogP contribution in [0.15, 0.2) is 71.2 Å². The molecule has 37 heavy (non-hydrogen) atoms. The third-order valence-electron chi connectivity index (χ3n) is 6.86. The molecular weight excluding hydrogens is 462 g/mol. The molecule has 1 heterocycles. The quantitative estimate of drug-likeness (QED) is 0.255. The van der Waals surface area contributed by atoms with Crippen LogP contribution in [0.5, 0.6) is 11.5 Å². The number of furan rings is 1. The van der Waals surface area contributed by atoms with Crippen LogP contribution in [0.25, 0.3) is 16.5 Å². The van der Waals surface area contributed by atoms with Crippen LogP contribution >= 0.6 is 0 Å². The molecule has 0 bridgehead atoms. The molecule has 1 aliphatic carbocycles. The molecular formula is C32H33NO4. The summed E-state index contributed by atoms with van der Waals surface area (Å²) in [5.74, 6) is 2.44. The van der Waals surface area contributed by atoms with E-state index >= 15 is 0 Å². The highest BCUT2D eigenvalue weighted by atomic mass is 16.5. The zero-order valence-corrected chi connectivity index (χ0v) is 21.7. The van der Waals surface area contributed by atoms with Crippen LogP contribution in [-0.2, 0) is 24.2 Å². The van der Waals surface area contributed by atoms with E-state index in [1.807, 2.05) is 75.4 Å². The van der Waals surface area contributed by atoms with Crippen molar-refractivity contribution < 1.29 is 18.7 Å². The van der Waals surface area contributed by atoms with Gasteiger partial charge < -0.3 is 19.2 Å². The number of hydrogen-bond donors (Lipinski definition) is 1. The number of ether oxygens (including phenoxy) is 2. The summed E-state index contributed by atoms with van der Waals surface area (Å²) in [4.78, 5) is 12.9. The molecule has 4 aromatic rings. The van der Waals surface area contributed by atoms with Crippen molar-refractivity contribution >= 4 is 28.1 Å². The fourth-order valence-corrected chi connectivity index (χ4v) is 4.99. The summed E-state index contributed by atoms with van der Waals surface area (Å²) >= 11 is 0. The minimum Gasteiger partial charge on any atom is -0.493 e. The van der Waals surface area contributed by atoms with Crippen LogP contribution in [0.3, 0.4) is 0 Å². The van der Waals surface area contributed by atoms with Crippen LogP contribution < -0.4 is 14.8 Å². The van der Waals surface area contributed by atoms with Gasteiger partial charge in [-0.15, -0.1) is 0 Å². The molecule has 0 unspecified atom stereocenters. The molecule has 190 valence electrons. The molecule has 5 rings (SSSR count). The Kier molecular flexibility index (Phi) is 7.31. The van der Waals surface area contributed by atoms with Gasteiger partial charge in [0.15, 0.2) is 0 Å². The monoisotopic (exact) mass is 495 g/mol. The third-order valence-corrected chi connectivity index (χ3v) is 6.86. The van der Waals surface area contributed by atoms with Crippen LogP contribution in [0.4, 0.5) is 5.69 Å². The zero-order valence-electron chi connectivity index (χ0n) is 21.7. The Morgan fingerprint density at radius 2 is 1.78 bits per heavy atom. The molecule has 0 saturated heterocycles. The highest BCUT2D eigenvalue weighted by Gasteiger charge is 2.23. The molecule has 3 aromatic carbocycles. The number of carbonyl (C=O) groups excluding carboxylic acids is 1. The van der Waals surface area contributed by atoms with Gasteiger partial charge in [0.25, 0.3) is 0 Å². The first-order valence-electron chi connectivity index (χ1n) is 13.0. The highest BCUT2D eigenvalue weighted by molar-refractivity contribution is 6.05. The number of nitrogens with one attached hydrogen (secondary N) is 1. The Labute approximate surface area is 218 Å². The van der Waals surface area contributed by atoms with E-state index in [1.54, 1.807) is 6.08 Å². The largest absolute Gasteiger partial charge is 0.493 e. The summed E-state index contributed by atoms with van der Waals surface area (Å²) in [6, 6.07) is 19.6. The van der Waals surface area contributed by atoms with Gasteiger partial charge in [-0.25, -0.2) is 0 Å². The first-order chi connectivity index (χ1) is 18.0. The minimum atomic E-state index is -0.190. The fourth-order valence-electron chi connectivity index (χ4n) is 4.99. The summed E-state index contributed by atoms with van der Waals surface area (Å²) in [6.07, 6.45) is 5.99. The van der Waals surface area contributed by atoms with E-state index in [9.17, 15) is 4.79 Å². The lowest BCUT2D eigenvalue weighted by atomic mass is 9.93. The number of allylic oxidation sites excluding steroid dienone is 1. The number of rotatable bonds is 8. The predicted molar refractivity (Wildman–Crippen MR) is 148 cm³/mol. The molecule has 1 aliphatic rings. The van der Waals surface area contributed by atoms with E-state index in [1.165, 1.54) is 12.0 Å². The van der Waals surface area contributed by atoms with Gasteiger partial charge in [0.2, 0.25) is 5.91 Å². The van der Waals surface area contributed by atoms with Crippen molar-refractivity contribution in [2.24, 2.45) is 0 Å². The number of fused-ring (bicyclic) bond motifs is 3. The van der Waals surface area contributed by atoms with Gasteiger partial charge in [0, 0.05) is 40.3 Å². The summed E-state index contributed by atoms with van der Waals surface area (Å²) in [5.41, 5.74) is 6.80. The normalized spacial score (nSPS) is 13.3. The van der Waals surface area contributed by atoms with Gasteiger partial charge in [0.1, 0.15) is 29.4 Å². The number of benzene rings is 3. The standard InChI is InChI=1S/C32H33NO4/c1-4-35-31-22(3)32-28(26-12-8-9-13-29(26)37-32)19-27(31)21(2)18-30(34)33-24-14-16-25(17-15-24)36-20-23-10-6-5-7-11-23/h5-7,10-11,14-19H,4,8-9,12-13,20H2,1-3H3,(H,33,34)/b21-18+. The van der Waals surface area contributed by atoms with Gasteiger partial charge in [0.05, 0.1) is 6.61 Å². The Hall–Kier alpha value is -3.99. The molecule has 0 saturated carbocycles. The maximum absolute atomic E-state index is 12.9. The first-order valence-corrected chi connectivity index (χ1v) is 13.0. The SMILES string of the molecule is CCOc1c(/C(C)=C/C(=O)Nc2ccc(OCc3ccccc3)cc2)cc2c3c(oc2c1C)CCCC3. The number of hydrogen-bond acceptors (Lipinski definition) is 4. The summed E-state index contributed by atoms with van der Waals surface area (Å²) < 4.78 is 18.2. The van der Waals surface area contributed by atoms with Crippen molar-refractivity contribution in [3.05, 3.63) is 94.8 Å². The van der Waals surface area contributed by atoms with Crippen LogP contribution in [0, 0.1) is 6.92 Å². The Morgan fingerprint density at radius 1 is 1.03 bits per heavy atom. The lowest BCUT2D eigenvalue weighted by Crippen LogP contribution is -2.09. The topological polar surface area (TPSA) is 60.7 Å². The van der Waals surface area contributed by atoms with E-state index in [2.05, 4.69) is 11.4 Å². The van der Waals surface area contributed by atoms with Crippen molar-refractivity contribution in [3.8, 4) is 11.5 Å². The molecule has 0 fully saturated rings. The van der Waals surface area contributed by atoms with Crippen molar-refractivity contribution in [2.45, 2.75) is 53.1 Å². The number of anilines is 1. The second-order valence-corrected chi connectivity index (χ2v) is 9.51. The lowest BCUT2D eigenvalue weighted by molar-refractivity contribution is -0.111. The molecule has 1 aromatic heterocycles. The van der Waals surface area contributed by atoms with Crippen molar-refractivity contribution in [1.82, 2.24) is 0 Å². The Balaban J connectivity index is 1.34. The van der Waals surface area contributed by atoms with Gasteiger partial charge in [-0.1, -0.05) is 30.3 Å². The second-order valence-electron chi connectivity index (χ2n) is 9.51. The van der Waals surface area contributed by atoms with Crippen molar-refractivity contribution in [2.75, 3.05) is 11.9 Å². The molecule has 5 nitrogen and oxygen atoms in total. The van der Waals surface area contributed by atoms with Gasteiger partial charge in [-0.2, -0.15) is 0 Å². The minimum absolute atomic E-state index is 0.190. The maximum atomic E-state index is 12.9. The van der Waals surface area contributed by atoms with Crippen molar-refractivity contribution in [3.63, 3.8) is 0 Å². The third kappa shape index (κ3) is 5.41. The van der Waals surface area contributed by atoms with Crippen LogP contribution in [-0.4, -0.2) is 12.5 Å². The molecule has 1 amide bonds. The van der Waals surface area contributed by atoms with E-state index in [0.717, 1.165) is 69.8 Å². The summed E-state index contributed by atoms with van der Waals surface area (Å²) in [6.45, 7) is 7.01. The highest BCUT2D eigenvalue weighted by Crippen LogP contribution is 2.41. The number of aryl methyl sites for hydroxylation is 3. The zero-order chi connectivity index (χ0) is 25.8. The fraction of sp³-hybridized carbons (Fsp3) is 0.281. The predicted octanol–water partition coefficient (Wildman–Crippen LogP) is 7.64. The number of carbonyl (C=O) groups is 1. The number of amides is 1. The molecule has 1 N–H and O–H groups in total. The van der Waals surface area contributed by atoms with Gasteiger partial charge in [-0.05, 0) is 81.5 Å². The maximum Gasteiger partial charge on any atom is 0.248 e. The smallest absolute Gasteiger partial charge is 0.248 e. The molecule has 0 atom stereocenters. The van der Waals surface area contributed by atoms with Crippen LogP contribution in [0.2, 0.25) is 0 Å². The van der Waals surface area contributed by atoms with Crippen molar-refractivity contribution in [1.29, 1.82) is 0 Å². The van der Waals surface area contributed by atoms with Crippen LogP contribution in [0.1, 0.15) is 54.7 Å². The Bertz CT molecular complexity index is 1430. The van der Waals surface area contributed by atoms with Gasteiger partial charge >= 0.3 is 0 Å². The summed E-state index contributed by atoms with van der Waals surface area (Å²) in [5, 5.41) is 4.10. The van der Waals surface area contributed by atoms with Gasteiger partial charge in [-0.3, -0.25) is 4.79 Å². The average molecular weight is 496 g/mol. The van der Waals surface area contributed by atoms with E-state index in [4.69, 9.17) is 13.9 Å². The summed E-state index contributed by atoms with van der Waals surface area (Å²) in [7, 11) is 0. The van der Waals surface area contributed by atoms with E-state index in [0.29, 0.717) is 18.9 Å². The Morgan fingerprint density at radius 3 is 2.54 bits per heavy atom. The average Bonchev–Trinajstić information content (AvgIpc) is 3.29. The molecule has 0 radical (unpaired) electrons. The van der Waals surface area contributed by atoms with E-state index < -0.39 is 0 Å². The van der Waals surface area contributed by atoms with E-state index in [-0.39, 0.29) is 5.91 Å². The molecule has 5 heteroatoms. The lowest BCUT2D eigenvalue weighted by Gasteiger charge is -2.15. The first kappa shape index (κ1) is 24.7. The second kappa shape index (κ2) is 11.0. The molecule has 0 aliphatic heterocycles. The molecule has 0 spiro atoms.